The molecule has 3 aromatic rings. The Kier molecular flexibility index (Phi) is 2.00. The minimum atomic E-state index is 0.551. The van der Waals surface area contributed by atoms with Gasteiger partial charge in [-0.25, -0.2) is 9.97 Å². The highest BCUT2D eigenvalue weighted by molar-refractivity contribution is 5.70. The van der Waals surface area contributed by atoms with Crippen molar-refractivity contribution >= 4 is 11.2 Å². The minimum Gasteiger partial charge on any atom is -0.264 e. The van der Waals surface area contributed by atoms with E-state index >= 15 is 0 Å². The smallest absolute Gasteiger partial charge is 0.200 e. The first kappa shape index (κ1) is 8.84. The predicted molar refractivity (Wildman–Crippen MR) is 58.4 cm³/mol. The first-order valence-electron chi connectivity index (χ1n) is 4.79. The summed E-state index contributed by atoms with van der Waals surface area (Å²) in [5.74, 6) is 0.564. The third-order valence-corrected chi connectivity index (χ3v) is 2.15. The van der Waals surface area contributed by atoms with Crippen LogP contribution in [0.3, 0.4) is 0 Å². The lowest BCUT2D eigenvalue weighted by molar-refractivity contribution is 1.01. The molecule has 5 nitrogen and oxygen atoms in total. The van der Waals surface area contributed by atoms with E-state index in [0.717, 1.165) is 11.1 Å². The van der Waals surface area contributed by atoms with Crippen molar-refractivity contribution in [2.75, 3.05) is 0 Å². The van der Waals surface area contributed by atoms with Crippen LogP contribution in [0.1, 0.15) is 0 Å². The van der Waals surface area contributed by atoms with Crippen molar-refractivity contribution in [1.29, 1.82) is 0 Å². The van der Waals surface area contributed by atoms with Gasteiger partial charge < -0.3 is 0 Å². The number of rotatable bonds is 1. The van der Waals surface area contributed by atoms with Crippen LogP contribution in [0.15, 0.2) is 42.9 Å². The fourth-order valence-electron chi connectivity index (χ4n) is 1.40. The fraction of sp³-hybridized carbons (Fsp3) is 0. The van der Waals surface area contributed by atoms with Crippen LogP contribution in [0.2, 0.25) is 0 Å². The molecule has 3 aromatic heterocycles. The SMILES string of the molecule is c1cncc(-c2nnc3ncccc3n2)c1. The largest absolute Gasteiger partial charge is 0.264 e. The van der Waals surface area contributed by atoms with Crippen molar-refractivity contribution in [1.82, 2.24) is 25.1 Å². The second-order valence-electron chi connectivity index (χ2n) is 3.22. The van der Waals surface area contributed by atoms with Gasteiger partial charge in [0, 0.05) is 24.2 Å². The summed E-state index contributed by atoms with van der Waals surface area (Å²) in [6, 6.07) is 7.42. The van der Waals surface area contributed by atoms with Crippen LogP contribution >= 0.6 is 0 Å². The summed E-state index contributed by atoms with van der Waals surface area (Å²) in [5, 5.41) is 8.02. The quantitative estimate of drug-likeness (QED) is 0.607. The first-order valence-corrected chi connectivity index (χ1v) is 4.79. The Balaban J connectivity index is 2.19. The highest BCUT2D eigenvalue weighted by atomic mass is 15.2. The van der Waals surface area contributed by atoms with Crippen molar-refractivity contribution in [3.63, 3.8) is 0 Å². The Morgan fingerprint density at radius 3 is 2.75 bits per heavy atom. The van der Waals surface area contributed by atoms with Gasteiger partial charge in [-0.05, 0) is 24.3 Å². The maximum atomic E-state index is 4.37. The lowest BCUT2D eigenvalue weighted by Gasteiger charge is -1.99. The molecule has 0 aromatic carbocycles. The Morgan fingerprint density at radius 1 is 0.938 bits per heavy atom. The monoisotopic (exact) mass is 209 g/mol. The molecule has 0 N–H and O–H groups in total. The van der Waals surface area contributed by atoms with Crippen LogP contribution in [-0.4, -0.2) is 25.1 Å². The summed E-state index contributed by atoms with van der Waals surface area (Å²) >= 11 is 0. The van der Waals surface area contributed by atoms with E-state index in [4.69, 9.17) is 0 Å². The molecule has 0 spiro atoms. The normalized spacial score (nSPS) is 10.5. The number of fused-ring (bicyclic) bond motifs is 1. The van der Waals surface area contributed by atoms with E-state index < -0.39 is 0 Å². The fourth-order valence-corrected chi connectivity index (χ4v) is 1.40. The van der Waals surface area contributed by atoms with E-state index in [9.17, 15) is 0 Å². The number of hydrogen-bond donors (Lipinski definition) is 0. The molecule has 3 heterocycles. The van der Waals surface area contributed by atoms with Crippen LogP contribution in [0.4, 0.5) is 0 Å². The number of aromatic nitrogens is 5. The third-order valence-electron chi connectivity index (χ3n) is 2.15. The summed E-state index contributed by atoms with van der Waals surface area (Å²) in [6.45, 7) is 0. The van der Waals surface area contributed by atoms with Crippen LogP contribution in [0, 0.1) is 0 Å². The molecule has 0 saturated heterocycles. The third kappa shape index (κ3) is 1.48. The molecule has 0 aliphatic heterocycles. The molecule has 0 bridgehead atoms. The molecule has 0 amide bonds. The molecular formula is C11H7N5. The second-order valence-corrected chi connectivity index (χ2v) is 3.22. The van der Waals surface area contributed by atoms with Gasteiger partial charge in [0.2, 0.25) is 0 Å². The number of hydrogen-bond acceptors (Lipinski definition) is 5. The number of pyridine rings is 2. The zero-order valence-electron chi connectivity index (χ0n) is 8.28. The van der Waals surface area contributed by atoms with Gasteiger partial charge in [0.1, 0.15) is 5.52 Å². The van der Waals surface area contributed by atoms with E-state index in [1.54, 1.807) is 18.6 Å². The molecule has 76 valence electrons. The predicted octanol–water partition coefficient (Wildman–Crippen LogP) is 1.48. The summed E-state index contributed by atoms with van der Waals surface area (Å²) in [7, 11) is 0. The molecule has 0 unspecified atom stereocenters. The summed E-state index contributed by atoms with van der Waals surface area (Å²) in [4.78, 5) is 12.5. The second kappa shape index (κ2) is 3.62. The zero-order valence-corrected chi connectivity index (χ0v) is 8.28. The van der Waals surface area contributed by atoms with Crippen molar-refractivity contribution in [2.24, 2.45) is 0 Å². The van der Waals surface area contributed by atoms with Gasteiger partial charge in [-0.3, -0.25) is 4.98 Å². The highest BCUT2D eigenvalue weighted by Crippen LogP contribution is 2.13. The maximum absolute atomic E-state index is 4.37. The first-order chi connectivity index (χ1) is 7.93. The molecule has 0 radical (unpaired) electrons. The van der Waals surface area contributed by atoms with Gasteiger partial charge in [-0.1, -0.05) is 0 Å². The van der Waals surface area contributed by atoms with E-state index in [2.05, 4.69) is 25.1 Å². The van der Waals surface area contributed by atoms with Crippen molar-refractivity contribution < 1.29 is 0 Å². The summed E-state index contributed by atoms with van der Waals surface area (Å²) in [5.41, 5.74) is 2.13. The standard InChI is InChI=1S/C11H7N5/c1-3-8(7-12-5-1)10-14-9-4-2-6-13-11(9)16-15-10/h1-7H. The molecule has 0 saturated carbocycles. The van der Waals surface area contributed by atoms with E-state index in [1.807, 2.05) is 24.3 Å². The van der Waals surface area contributed by atoms with Gasteiger partial charge in [0.05, 0.1) is 0 Å². The van der Waals surface area contributed by atoms with Gasteiger partial charge in [0.25, 0.3) is 0 Å². The van der Waals surface area contributed by atoms with Gasteiger partial charge in [-0.15, -0.1) is 10.2 Å². The van der Waals surface area contributed by atoms with E-state index in [1.165, 1.54) is 0 Å². The topological polar surface area (TPSA) is 64.5 Å². The molecule has 0 aliphatic carbocycles. The van der Waals surface area contributed by atoms with Crippen LogP contribution in [-0.2, 0) is 0 Å². The van der Waals surface area contributed by atoms with Crippen molar-refractivity contribution in [3.8, 4) is 11.4 Å². The Hall–Kier alpha value is -2.43. The molecular weight excluding hydrogens is 202 g/mol. The van der Waals surface area contributed by atoms with Crippen LogP contribution < -0.4 is 0 Å². The van der Waals surface area contributed by atoms with Gasteiger partial charge >= 0.3 is 0 Å². The van der Waals surface area contributed by atoms with E-state index in [-0.39, 0.29) is 0 Å². The molecule has 0 aliphatic rings. The minimum absolute atomic E-state index is 0.551. The van der Waals surface area contributed by atoms with Crippen molar-refractivity contribution in [3.05, 3.63) is 42.9 Å². The Bertz CT molecular complexity index is 623. The molecule has 5 heteroatoms. The lowest BCUT2D eigenvalue weighted by Crippen LogP contribution is -1.95. The Labute approximate surface area is 91.2 Å². The van der Waals surface area contributed by atoms with Crippen LogP contribution in [0.25, 0.3) is 22.6 Å². The Morgan fingerprint density at radius 2 is 1.88 bits per heavy atom. The average molecular weight is 209 g/mol. The molecule has 0 fully saturated rings. The highest BCUT2D eigenvalue weighted by Gasteiger charge is 2.03. The lowest BCUT2D eigenvalue weighted by atomic mass is 10.3. The number of nitrogens with zero attached hydrogens (tertiary/aromatic N) is 5. The van der Waals surface area contributed by atoms with Crippen LogP contribution in [0.5, 0.6) is 0 Å². The van der Waals surface area contributed by atoms with Gasteiger partial charge in [0.15, 0.2) is 11.5 Å². The maximum Gasteiger partial charge on any atom is 0.200 e. The van der Waals surface area contributed by atoms with E-state index in [0.29, 0.717) is 11.5 Å². The molecule has 16 heavy (non-hydrogen) atoms. The molecule has 3 rings (SSSR count). The van der Waals surface area contributed by atoms with Crippen molar-refractivity contribution in [2.45, 2.75) is 0 Å². The summed E-state index contributed by atoms with van der Waals surface area (Å²) in [6.07, 6.45) is 5.08. The zero-order chi connectivity index (χ0) is 10.8. The summed E-state index contributed by atoms with van der Waals surface area (Å²) < 4.78 is 0. The molecule has 0 atom stereocenters. The average Bonchev–Trinajstić information content (AvgIpc) is 2.39. The van der Waals surface area contributed by atoms with Gasteiger partial charge in [-0.2, -0.15) is 0 Å².